The number of nitrogens with one attached hydrogen (secondary N) is 1. The zero-order valence-corrected chi connectivity index (χ0v) is 14.6. The lowest BCUT2D eigenvalue weighted by Crippen LogP contribution is -2.06. The quantitative estimate of drug-likeness (QED) is 0.274. The molecule has 0 fully saturated rings. The fourth-order valence-electron chi connectivity index (χ4n) is 1.96. The van der Waals surface area contributed by atoms with Crippen LogP contribution in [0.25, 0.3) is 22.2 Å². The number of oxazole rings is 2. The number of hydrogen-bond acceptors (Lipinski definition) is 6. The van der Waals surface area contributed by atoms with Gasteiger partial charge < -0.3 is 13.8 Å². The Balaban J connectivity index is 0.000000161. The van der Waals surface area contributed by atoms with E-state index in [1.165, 1.54) is 0 Å². The van der Waals surface area contributed by atoms with Crippen LogP contribution >= 0.6 is 23.8 Å². The van der Waals surface area contributed by atoms with Gasteiger partial charge in [0.2, 0.25) is 0 Å². The molecule has 0 atom stereocenters. The number of aromatic amines is 1. The summed E-state index contributed by atoms with van der Waals surface area (Å²) in [6.07, 6.45) is -6.96. The first-order valence-corrected chi connectivity index (χ1v) is 7.77. The van der Waals surface area contributed by atoms with E-state index >= 15 is 0 Å². The molecule has 0 aliphatic heterocycles. The molecule has 0 saturated carbocycles. The number of alkyl halides is 6. The Morgan fingerprint density at radius 1 is 0.893 bits per heavy atom. The number of fused-ring (bicyclic) bond motifs is 2. The number of aromatic nitrogens is 4. The van der Waals surface area contributed by atoms with Crippen LogP contribution in [0.15, 0.2) is 33.4 Å². The highest BCUT2D eigenvalue weighted by molar-refractivity contribution is 7.71. The van der Waals surface area contributed by atoms with E-state index in [1.54, 1.807) is 0 Å². The van der Waals surface area contributed by atoms with Crippen molar-refractivity contribution in [1.29, 1.82) is 0 Å². The van der Waals surface area contributed by atoms with Gasteiger partial charge in [-0.2, -0.15) is 31.3 Å². The highest BCUT2D eigenvalue weighted by Crippen LogP contribution is 2.30. The van der Waals surface area contributed by atoms with Gasteiger partial charge in [0.1, 0.15) is 22.4 Å². The summed E-state index contributed by atoms with van der Waals surface area (Å²) in [7, 11) is 0. The maximum Gasteiger partial charge on any atom is 0.433 e. The van der Waals surface area contributed by atoms with Crippen molar-refractivity contribution in [3.63, 3.8) is 0 Å². The second kappa shape index (κ2) is 7.05. The Labute approximate surface area is 160 Å². The van der Waals surface area contributed by atoms with Crippen molar-refractivity contribution in [2.75, 3.05) is 0 Å². The topological polar surface area (TPSA) is 80.7 Å². The van der Waals surface area contributed by atoms with Crippen LogP contribution in [0.2, 0.25) is 5.35 Å². The lowest BCUT2D eigenvalue weighted by molar-refractivity contribution is -0.141. The largest absolute Gasteiger partial charge is 0.433 e. The molecule has 4 aromatic heterocycles. The molecule has 4 rings (SSSR count). The first-order chi connectivity index (χ1) is 12.9. The van der Waals surface area contributed by atoms with E-state index in [4.69, 9.17) is 20.4 Å². The van der Waals surface area contributed by atoms with Crippen molar-refractivity contribution in [2.45, 2.75) is 12.4 Å². The van der Waals surface area contributed by atoms with Crippen molar-refractivity contribution in [1.82, 2.24) is 19.9 Å². The van der Waals surface area contributed by atoms with E-state index in [0.29, 0.717) is 5.52 Å². The van der Waals surface area contributed by atoms with Crippen LogP contribution in [0.4, 0.5) is 26.3 Å². The van der Waals surface area contributed by atoms with Gasteiger partial charge in [0, 0.05) is 12.1 Å². The maximum atomic E-state index is 12.2. The Kier molecular flexibility index (Phi) is 5.06. The molecule has 148 valence electrons. The minimum absolute atomic E-state index is 0.0288. The van der Waals surface area contributed by atoms with E-state index in [2.05, 4.69) is 32.2 Å². The summed E-state index contributed by atoms with van der Waals surface area (Å²) in [5, 5.41) is -0.207. The van der Waals surface area contributed by atoms with Gasteiger partial charge in [-0.15, -0.1) is 0 Å². The monoisotopic (exact) mass is 442 g/mol. The number of pyridine rings is 2. The van der Waals surface area contributed by atoms with Crippen LogP contribution < -0.4 is 0 Å². The summed E-state index contributed by atoms with van der Waals surface area (Å²) in [6.45, 7) is 0. The first-order valence-electron chi connectivity index (χ1n) is 6.99. The third kappa shape index (κ3) is 4.42. The molecule has 0 aromatic carbocycles. The molecule has 1 N–H and O–H groups in total. The molecule has 0 aliphatic carbocycles. The number of halogens is 7. The van der Waals surface area contributed by atoms with Gasteiger partial charge in [0.15, 0.2) is 11.2 Å². The van der Waals surface area contributed by atoms with Crippen LogP contribution in [0, 0.1) is 4.84 Å². The van der Waals surface area contributed by atoms with Gasteiger partial charge >= 0.3 is 12.4 Å². The summed E-state index contributed by atoms with van der Waals surface area (Å²) in [4.78, 5) is 12.6. The van der Waals surface area contributed by atoms with Gasteiger partial charge in [0.05, 0.1) is 12.4 Å². The van der Waals surface area contributed by atoms with Crippen molar-refractivity contribution in [2.24, 2.45) is 0 Å². The third-order valence-electron chi connectivity index (χ3n) is 3.13. The molecule has 6 nitrogen and oxygen atoms in total. The van der Waals surface area contributed by atoms with Crippen molar-refractivity contribution in [3.05, 3.63) is 46.1 Å². The van der Waals surface area contributed by atoms with E-state index in [-0.39, 0.29) is 26.9 Å². The fourth-order valence-corrected chi connectivity index (χ4v) is 2.34. The molecule has 0 bridgehead atoms. The van der Waals surface area contributed by atoms with E-state index in [9.17, 15) is 26.3 Å². The molecule has 28 heavy (non-hydrogen) atoms. The van der Waals surface area contributed by atoms with E-state index in [0.717, 1.165) is 24.5 Å². The average molecular weight is 443 g/mol. The van der Waals surface area contributed by atoms with Gasteiger partial charge in [0.25, 0.3) is 10.2 Å². The summed E-state index contributed by atoms with van der Waals surface area (Å²) in [5.41, 5.74) is -1.46. The molecular formula is C14H5ClF6N4O2S. The summed E-state index contributed by atoms with van der Waals surface area (Å²) >= 11 is 9.98. The number of H-pyrrole nitrogens is 1. The predicted octanol–water partition coefficient (Wildman–Crippen LogP) is 5.80. The Bertz CT molecular complexity index is 1200. The summed E-state index contributed by atoms with van der Waals surface area (Å²) < 4.78 is 82.6. The van der Waals surface area contributed by atoms with Crippen molar-refractivity contribution >= 4 is 46.0 Å². The highest BCUT2D eigenvalue weighted by Gasteiger charge is 2.33. The molecule has 4 aromatic rings. The normalized spacial score (nSPS) is 12.2. The molecule has 0 saturated heterocycles. The van der Waals surface area contributed by atoms with Crippen LogP contribution in [-0.2, 0) is 12.4 Å². The van der Waals surface area contributed by atoms with Crippen LogP contribution in [0.1, 0.15) is 11.4 Å². The second-order valence-corrected chi connectivity index (χ2v) is 5.77. The Hall–Kier alpha value is -2.67. The summed E-state index contributed by atoms with van der Waals surface area (Å²) in [5.74, 6) is 0. The minimum Gasteiger partial charge on any atom is -0.429 e. The lowest BCUT2D eigenvalue weighted by atomic mass is 10.3. The Morgan fingerprint density at radius 2 is 1.46 bits per heavy atom. The zero-order chi connectivity index (χ0) is 20.7. The predicted molar refractivity (Wildman–Crippen MR) is 86.0 cm³/mol. The molecule has 0 spiro atoms. The molecule has 0 amide bonds. The maximum absolute atomic E-state index is 12.2. The molecular weight excluding hydrogens is 438 g/mol. The van der Waals surface area contributed by atoms with Gasteiger partial charge in [-0.05, 0) is 23.8 Å². The standard InChI is InChI=1S/C7H2ClF3N2O.C7H3F3N2OS/c8-6-13-3-2-12-5(7(9,10)11)1-4(3)14-6;8-7(9,10)5-1-4-3(2-11-5)12-6(14)13-4/h1-2H;1-2H,(H,12,14). The molecule has 0 unspecified atom stereocenters. The molecule has 14 heteroatoms. The molecule has 0 radical (unpaired) electrons. The number of rotatable bonds is 0. The second-order valence-electron chi connectivity index (χ2n) is 5.08. The van der Waals surface area contributed by atoms with Crippen molar-refractivity contribution in [3.8, 4) is 0 Å². The van der Waals surface area contributed by atoms with Crippen molar-refractivity contribution < 1.29 is 35.2 Å². The fraction of sp³-hybridized carbons (Fsp3) is 0.143. The van der Waals surface area contributed by atoms with Crippen LogP contribution in [0.3, 0.4) is 0 Å². The summed E-state index contributed by atoms with van der Waals surface area (Å²) in [6, 6.07) is 1.57. The first kappa shape index (κ1) is 20.1. The lowest BCUT2D eigenvalue weighted by Gasteiger charge is -2.03. The smallest absolute Gasteiger partial charge is 0.429 e. The number of nitrogens with zero attached hydrogens (tertiary/aromatic N) is 3. The van der Waals surface area contributed by atoms with Gasteiger partial charge in [-0.1, -0.05) is 0 Å². The van der Waals surface area contributed by atoms with E-state index in [1.807, 2.05) is 0 Å². The van der Waals surface area contributed by atoms with Crippen LogP contribution in [-0.4, -0.2) is 19.9 Å². The Morgan fingerprint density at radius 3 is 2.07 bits per heavy atom. The third-order valence-corrected chi connectivity index (χ3v) is 3.48. The van der Waals surface area contributed by atoms with Gasteiger partial charge in [-0.3, -0.25) is 0 Å². The average Bonchev–Trinajstić information content (AvgIpc) is 3.12. The highest BCUT2D eigenvalue weighted by atomic mass is 35.5. The molecule has 4 heterocycles. The van der Waals surface area contributed by atoms with Crippen LogP contribution in [0.5, 0.6) is 0 Å². The number of hydrogen-bond donors (Lipinski definition) is 1. The zero-order valence-electron chi connectivity index (χ0n) is 13.0. The SMILES string of the molecule is FC(F)(F)c1cc2oc(=S)[nH]c2cn1.FC(F)(F)c1cc2oc(Cl)nc2cn1. The van der Waals surface area contributed by atoms with E-state index < -0.39 is 23.7 Å². The minimum atomic E-state index is -4.49. The molecule has 0 aliphatic rings. The van der Waals surface area contributed by atoms with Gasteiger partial charge in [-0.25, -0.2) is 9.97 Å².